The molecular formula is C18H20F3N5O. The minimum atomic E-state index is -4.64. The van der Waals surface area contributed by atoms with E-state index in [1.54, 1.807) is 13.8 Å². The van der Waals surface area contributed by atoms with E-state index in [-0.39, 0.29) is 11.8 Å². The van der Waals surface area contributed by atoms with Crippen LogP contribution in [-0.2, 0) is 10.9 Å². The van der Waals surface area contributed by atoms with Crippen LogP contribution in [0.1, 0.15) is 35.5 Å². The Labute approximate surface area is 154 Å². The maximum atomic E-state index is 13.1. The third-order valence-corrected chi connectivity index (χ3v) is 4.34. The monoisotopic (exact) mass is 379 g/mol. The van der Waals surface area contributed by atoms with E-state index in [2.05, 4.69) is 20.6 Å². The largest absolute Gasteiger partial charge is 0.453 e. The van der Waals surface area contributed by atoms with Gasteiger partial charge in [0.25, 0.3) is 5.82 Å². The van der Waals surface area contributed by atoms with Gasteiger partial charge in [-0.1, -0.05) is 30.3 Å². The van der Waals surface area contributed by atoms with Crippen LogP contribution in [0.4, 0.5) is 19.0 Å². The van der Waals surface area contributed by atoms with E-state index in [0.717, 1.165) is 10.1 Å². The van der Waals surface area contributed by atoms with Crippen molar-refractivity contribution in [1.82, 2.24) is 19.8 Å². The number of fused-ring (bicyclic) bond motifs is 1. The third kappa shape index (κ3) is 3.87. The Balaban J connectivity index is 1.93. The Kier molecular flexibility index (Phi) is 5.31. The highest BCUT2D eigenvalue weighted by atomic mass is 19.4. The number of nitrogens with zero attached hydrogens (tertiary/aromatic N) is 4. The van der Waals surface area contributed by atoms with Gasteiger partial charge < -0.3 is 10.1 Å². The smallest absolute Gasteiger partial charge is 0.372 e. The molecule has 9 heteroatoms. The molecule has 1 N–H and O–H groups in total. The molecule has 27 heavy (non-hydrogen) atoms. The standard InChI is InChI=1S/C18H20F3N5O/c1-4-27-14(13-8-6-5-7-9-13)10-22-15-11(2)12(3)16-23-24-17(18(19,20)21)26(16)25-15/h5-9,14H,4,10H2,1-3H3,(H,22,25). The molecule has 3 rings (SSSR count). The van der Waals surface area contributed by atoms with Gasteiger partial charge in [-0.2, -0.15) is 17.7 Å². The number of nitrogens with one attached hydrogen (secondary N) is 1. The molecule has 0 aliphatic carbocycles. The number of hydrogen-bond donors (Lipinski definition) is 1. The summed E-state index contributed by atoms with van der Waals surface area (Å²) in [6.07, 6.45) is -4.89. The van der Waals surface area contributed by atoms with Gasteiger partial charge in [0.05, 0.1) is 6.10 Å². The van der Waals surface area contributed by atoms with Crippen LogP contribution in [0.15, 0.2) is 30.3 Å². The Morgan fingerprint density at radius 2 is 1.81 bits per heavy atom. The van der Waals surface area contributed by atoms with Crippen LogP contribution in [0.2, 0.25) is 0 Å². The minimum Gasteiger partial charge on any atom is -0.372 e. The van der Waals surface area contributed by atoms with Crippen molar-refractivity contribution in [3.63, 3.8) is 0 Å². The van der Waals surface area contributed by atoms with E-state index in [1.165, 1.54) is 0 Å². The van der Waals surface area contributed by atoms with Gasteiger partial charge in [0.15, 0.2) is 5.65 Å². The molecule has 0 saturated carbocycles. The highest BCUT2D eigenvalue weighted by molar-refractivity contribution is 5.58. The van der Waals surface area contributed by atoms with Gasteiger partial charge in [-0.15, -0.1) is 15.3 Å². The number of hydrogen-bond acceptors (Lipinski definition) is 5. The Morgan fingerprint density at radius 1 is 1.11 bits per heavy atom. The molecule has 0 amide bonds. The number of rotatable bonds is 6. The summed E-state index contributed by atoms with van der Waals surface area (Å²) >= 11 is 0. The Morgan fingerprint density at radius 3 is 2.44 bits per heavy atom. The van der Waals surface area contributed by atoms with Crippen molar-refractivity contribution in [2.24, 2.45) is 0 Å². The van der Waals surface area contributed by atoms with E-state index in [0.29, 0.717) is 30.1 Å². The minimum absolute atomic E-state index is 0.0924. The number of benzene rings is 1. The quantitative estimate of drug-likeness (QED) is 0.703. The first-order valence-electron chi connectivity index (χ1n) is 8.53. The highest BCUT2D eigenvalue weighted by Crippen LogP contribution is 2.30. The lowest BCUT2D eigenvalue weighted by Gasteiger charge is -2.20. The third-order valence-electron chi connectivity index (χ3n) is 4.34. The molecule has 3 aromatic rings. The predicted octanol–water partition coefficient (Wildman–Crippen LogP) is 3.95. The van der Waals surface area contributed by atoms with Crippen molar-refractivity contribution in [2.75, 3.05) is 18.5 Å². The molecule has 1 atom stereocenters. The summed E-state index contributed by atoms with van der Waals surface area (Å²) in [4.78, 5) is 0. The lowest BCUT2D eigenvalue weighted by molar-refractivity contribution is -0.146. The fourth-order valence-electron chi connectivity index (χ4n) is 2.80. The fourth-order valence-corrected chi connectivity index (χ4v) is 2.80. The van der Waals surface area contributed by atoms with Crippen molar-refractivity contribution < 1.29 is 17.9 Å². The Hall–Kier alpha value is -2.68. The first kappa shape index (κ1) is 19.1. The second-order valence-corrected chi connectivity index (χ2v) is 6.09. The summed E-state index contributed by atoms with van der Waals surface area (Å²) in [6, 6.07) is 9.62. The van der Waals surface area contributed by atoms with Gasteiger partial charge in [-0.25, -0.2) is 0 Å². The fraction of sp³-hybridized carbons (Fsp3) is 0.389. The molecule has 0 fully saturated rings. The van der Waals surface area contributed by atoms with E-state index in [9.17, 15) is 13.2 Å². The molecule has 0 aliphatic heterocycles. The molecule has 0 radical (unpaired) electrons. The molecule has 144 valence electrons. The van der Waals surface area contributed by atoms with Gasteiger partial charge in [0, 0.05) is 18.7 Å². The van der Waals surface area contributed by atoms with Gasteiger partial charge in [0.1, 0.15) is 5.82 Å². The van der Waals surface area contributed by atoms with Crippen LogP contribution in [0.3, 0.4) is 0 Å². The van der Waals surface area contributed by atoms with E-state index in [4.69, 9.17) is 4.74 Å². The second kappa shape index (κ2) is 7.51. The van der Waals surface area contributed by atoms with Gasteiger partial charge >= 0.3 is 6.18 Å². The molecule has 2 heterocycles. The van der Waals surface area contributed by atoms with Crippen LogP contribution in [0.25, 0.3) is 5.65 Å². The van der Waals surface area contributed by atoms with Crippen molar-refractivity contribution in [3.05, 3.63) is 52.8 Å². The van der Waals surface area contributed by atoms with Crippen LogP contribution in [0, 0.1) is 13.8 Å². The second-order valence-electron chi connectivity index (χ2n) is 6.09. The van der Waals surface area contributed by atoms with E-state index in [1.807, 2.05) is 37.3 Å². The zero-order valence-electron chi connectivity index (χ0n) is 15.2. The van der Waals surface area contributed by atoms with Crippen LogP contribution in [-0.4, -0.2) is 33.0 Å². The lowest BCUT2D eigenvalue weighted by Crippen LogP contribution is -2.19. The summed E-state index contributed by atoms with van der Waals surface area (Å²) in [5, 5.41) is 14.1. The number of anilines is 1. The van der Waals surface area contributed by atoms with Gasteiger partial charge in [-0.05, 0) is 31.9 Å². The van der Waals surface area contributed by atoms with Crippen molar-refractivity contribution in [2.45, 2.75) is 33.1 Å². The lowest BCUT2D eigenvalue weighted by atomic mass is 10.1. The maximum absolute atomic E-state index is 13.1. The SMILES string of the molecule is CCOC(CNc1nn2c(C(F)(F)F)nnc2c(C)c1C)c1ccccc1. The van der Waals surface area contributed by atoms with Crippen molar-refractivity contribution >= 4 is 11.5 Å². The molecule has 0 bridgehead atoms. The number of aromatic nitrogens is 4. The molecule has 2 aromatic heterocycles. The number of halogens is 3. The van der Waals surface area contributed by atoms with E-state index < -0.39 is 12.0 Å². The molecule has 1 aromatic carbocycles. The zero-order valence-corrected chi connectivity index (χ0v) is 15.2. The summed E-state index contributed by atoms with van der Waals surface area (Å²) in [5.74, 6) is -0.806. The summed E-state index contributed by atoms with van der Waals surface area (Å²) in [7, 11) is 0. The van der Waals surface area contributed by atoms with Crippen molar-refractivity contribution in [1.29, 1.82) is 0 Å². The molecule has 0 aliphatic rings. The maximum Gasteiger partial charge on any atom is 0.453 e. The van der Waals surface area contributed by atoms with E-state index >= 15 is 0 Å². The zero-order chi connectivity index (χ0) is 19.6. The highest BCUT2D eigenvalue weighted by Gasteiger charge is 2.38. The molecule has 1 unspecified atom stereocenters. The van der Waals surface area contributed by atoms with Gasteiger partial charge in [-0.3, -0.25) is 0 Å². The average Bonchev–Trinajstić information content (AvgIpc) is 3.07. The van der Waals surface area contributed by atoms with Crippen LogP contribution < -0.4 is 5.32 Å². The topological polar surface area (TPSA) is 64.3 Å². The molecule has 0 saturated heterocycles. The summed E-state index contributed by atoms with van der Waals surface area (Å²) in [5.41, 5.74) is 2.37. The average molecular weight is 379 g/mol. The summed E-state index contributed by atoms with van der Waals surface area (Å²) < 4.78 is 45.9. The van der Waals surface area contributed by atoms with Crippen LogP contribution in [0.5, 0.6) is 0 Å². The first-order chi connectivity index (χ1) is 12.8. The molecule has 6 nitrogen and oxygen atoms in total. The molecular weight excluding hydrogens is 359 g/mol. The predicted molar refractivity (Wildman–Crippen MR) is 94.6 cm³/mol. The van der Waals surface area contributed by atoms with Crippen LogP contribution >= 0.6 is 0 Å². The summed E-state index contributed by atoms with van der Waals surface area (Å²) in [6.45, 7) is 6.24. The van der Waals surface area contributed by atoms with Gasteiger partial charge in [0.2, 0.25) is 0 Å². The Bertz CT molecular complexity index is 924. The number of alkyl halides is 3. The number of ether oxygens (including phenoxy) is 1. The first-order valence-corrected chi connectivity index (χ1v) is 8.53. The normalized spacial score (nSPS) is 13.1. The molecule has 0 spiro atoms. The number of aryl methyl sites for hydroxylation is 1. The van der Waals surface area contributed by atoms with Crippen molar-refractivity contribution in [3.8, 4) is 0 Å².